The van der Waals surface area contributed by atoms with E-state index in [1.54, 1.807) is 18.2 Å². The number of carbonyl (C=O) groups is 1. The van der Waals surface area contributed by atoms with Crippen molar-refractivity contribution >= 4 is 23.2 Å². The lowest BCUT2D eigenvalue weighted by Gasteiger charge is -2.16. The summed E-state index contributed by atoms with van der Waals surface area (Å²) in [6.45, 7) is 0.0166. The van der Waals surface area contributed by atoms with Crippen molar-refractivity contribution in [3.05, 3.63) is 28.8 Å². The molecule has 0 aliphatic rings. The quantitative estimate of drug-likeness (QED) is 0.678. The molecule has 1 aromatic carbocycles. The molecule has 1 amide bonds. The molecule has 0 aliphatic heterocycles. The van der Waals surface area contributed by atoms with Crippen LogP contribution in [0.4, 0.5) is 5.69 Å². The fourth-order valence-electron chi connectivity index (χ4n) is 1.34. The van der Waals surface area contributed by atoms with Crippen molar-refractivity contribution in [1.29, 1.82) is 0 Å². The standard InChI is InChI=1S/C11H15ClN2O3/c1-17-6-7(5-15)14-11(16)8-3-2-4-9(12)10(8)13/h2-4,7,15H,5-6,13H2,1H3,(H,14,16). The summed E-state index contributed by atoms with van der Waals surface area (Å²) >= 11 is 5.81. The van der Waals surface area contributed by atoms with Crippen molar-refractivity contribution in [3.63, 3.8) is 0 Å². The van der Waals surface area contributed by atoms with E-state index >= 15 is 0 Å². The molecule has 5 nitrogen and oxygen atoms in total. The van der Waals surface area contributed by atoms with Crippen molar-refractivity contribution < 1.29 is 14.6 Å². The smallest absolute Gasteiger partial charge is 0.253 e. The molecule has 6 heteroatoms. The van der Waals surface area contributed by atoms with Gasteiger partial charge in [0.1, 0.15) is 0 Å². The lowest BCUT2D eigenvalue weighted by atomic mass is 10.1. The van der Waals surface area contributed by atoms with Gasteiger partial charge >= 0.3 is 0 Å². The third-order valence-corrected chi connectivity index (χ3v) is 2.55. The highest BCUT2D eigenvalue weighted by Gasteiger charge is 2.15. The van der Waals surface area contributed by atoms with Crippen LogP contribution in [0.2, 0.25) is 5.02 Å². The van der Waals surface area contributed by atoms with E-state index in [1.165, 1.54) is 7.11 Å². The topological polar surface area (TPSA) is 84.6 Å². The van der Waals surface area contributed by atoms with Gasteiger partial charge in [-0.25, -0.2) is 0 Å². The van der Waals surface area contributed by atoms with Gasteiger partial charge in [0.25, 0.3) is 5.91 Å². The molecule has 17 heavy (non-hydrogen) atoms. The number of rotatable bonds is 5. The zero-order valence-corrected chi connectivity index (χ0v) is 10.2. The highest BCUT2D eigenvalue weighted by Crippen LogP contribution is 2.22. The third kappa shape index (κ3) is 3.59. The zero-order chi connectivity index (χ0) is 12.8. The molecule has 0 bridgehead atoms. The normalized spacial score (nSPS) is 12.2. The number of aliphatic hydroxyl groups excluding tert-OH is 1. The lowest BCUT2D eigenvalue weighted by molar-refractivity contribution is 0.0840. The second kappa shape index (κ2) is 6.44. The van der Waals surface area contributed by atoms with Gasteiger partial charge < -0.3 is 20.9 Å². The van der Waals surface area contributed by atoms with Crippen LogP contribution in [0.15, 0.2) is 18.2 Å². The maximum atomic E-state index is 11.8. The van der Waals surface area contributed by atoms with Crippen LogP contribution in [0.25, 0.3) is 0 Å². The van der Waals surface area contributed by atoms with Crippen LogP contribution in [0.3, 0.4) is 0 Å². The first kappa shape index (κ1) is 13.8. The summed E-state index contributed by atoms with van der Waals surface area (Å²) in [5.41, 5.74) is 6.20. The molecule has 1 atom stereocenters. The van der Waals surface area contributed by atoms with Crippen LogP contribution in [0, 0.1) is 0 Å². The number of hydrogen-bond acceptors (Lipinski definition) is 4. The second-order valence-electron chi connectivity index (χ2n) is 3.51. The van der Waals surface area contributed by atoms with Gasteiger partial charge in [0.15, 0.2) is 0 Å². The summed E-state index contributed by atoms with van der Waals surface area (Å²) in [6, 6.07) is 4.34. The highest BCUT2D eigenvalue weighted by molar-refractivity contribution is 6.33. The molecule has 4 N–H and O–H groups in total. The summed E-state index contributed by atoms with van der Waals surface area (Å²) in [6.07, 6.45) is 0. The molecular formula is C11H15ClN2O3. The van der Waals surface area contributed by atoms with E-state index in [-0.39, 0.29) is 30.4 Å². The largest absolute Gasteiger partial charge is 0.397 e. The average molecular weight is 259 g/mol. The van der Waals surface area contributed by atoms with Crippen LogP contribution < -0.4 is 11.1 Å². The van der Waals surface area contributed by atoms with Gasteiger partial charge in [-0.05, 0) is 12.1 Å². The molecule has 0 aliphatic carbocycles. The van der Waals surface area contributed by atoms with Crippen molar-refractivity contribution in [2.75, 3.05) is 26.1 Å². The van der Waals surface area contributed by atoms with Crippen LogP contribution in [-0.4, -0.2) is 37.4 Å². The molecule has 1 aromatic rings. The van der Waals surface area contributed by atoms with Gasteiger partial charge in [0.05, 0.1) is 35.5 Å². The molecule has 0 radical (unpaired) electrons. The Morgan fingerprint density at radius 2 is 2.35 bits per heavy atom. The van der Waals surface area contributed by atoms with E-state index in [0.717, 1.165) is 0 Å². The first-order valence-corrected chi connectivity index (χ1v) is 5.42. The predicted octanol–water partition coefficient (Wildman–Crippen LogP) is 0.659. The van der Waals surface area contributed by atoms with E-state index in [9.17, 15) is 4.79 Å². The van der Waals surface area contributed by atoms with E-state index < -0.39 is 6.04 Å². The number of hydrogen-bond donors (Lipinski definition) is 3. The Bertz CT molecular complexity index is 398. The Morgan fingerprint density at radius 3 is 2.94 bits per heavy atom. The van der Waals surface area contributed by atoms with Crippen LogP contribution in [0.5, 0.6) is 0 Å². The first-order valence-electron chi connectivity index (χ1n) is 5.04. The number of anilines is 1. The third-order valence-electron chi connectivity index (χ3n) is 2.22. The van der Waals surface area contributed by atoms with Gasteiger partial charge in [0.2, 0.25) is 0 Å². The summed E-state index contributed by atoms with van der Waals surface area (Å²) in [4.78, 5) is 11.8. The average Bonchev–Trinajstić information content (AvgIpc) is 2.31. The molecule has 0 fully saturated rings. The van der Waals surface area contributed by atoms with E-state index in [2.05, 4.69) is 5.32 Å². The van der Waals surface area contributed by atoms with E-state index in [1.807, 2.05) is 0 Å². The van der Waals surface area contributed by atoms with Gasteiger partial charge in [-0.15, -0.1) is 0 Å². The molecular weight excluding hydrogens is 244 g/mol. The minimum Gasteiger partial charge on any atom is -0.397 e. The highest BCUT2D eigenvalue weighted by atomic mass is 35.5. The van der Waals surface area contributed by atoms with Crippen molar-refractivity contribution in [1.82, 2.24) is 5.32 Å². The number of aliphatic hydroxyl groups is 1. The Hall–Kier alpha value is -1.30. The number of methoxy groups -OCH3 is 1. The SMILES string of the molecule is COCC(CO)NC(=O)c1cccc(Cl)c1N. The summed E-state index contributed by atoms with van der Waals surface area (Å²) in [5.74, 6) is -0.388. The molecule has 0 aromatic heterocycles. The van der Waals surface area contributed by atoms with Gasteiger partial charge in [0, 0.05) is 7.11 Å². The lowest BCUT2D eigenvalue weighted by Crippen LogP contribution is -2.40. The summed E-state index contributed by atoms with van der Waals surface area (Å²) in [5, 5.41) is 11.9. The summed E-state index contributed by atoms with van der Waals surface area (Å²) in [7, 11) is 1.49. The van der Waals surface area contributed by atoms with Crippen LogP contribution >= 0.6 is 11.6 Å². The fourth-order valence-corrected chi connectivity index (χ4v) is 1.51. The monoisotopic (exact) mass is 258 g/mol. The van der Waals surface area contributed by atoms with Crippen molar-refractivity contribution in [2.24, 2.45) is 0 Å². The molecule has 0 heterocycles. The number of para-hydroxylation sites is 1. The predicted molar refractivity (Wildman–Crippen MR) is 66.1 cm³/mol. The zero-order valence-electron chi connectivity index (χ0n) is 9.44. The maximum absolute atomic E-state index is 11.8. The number of nitrogen functional groups attached to an aromatic ring is 1. The molecule has 1 rings (SSSR count). The van der Waals surface area contributed by atoms with E-state index in [0.29, 0.717) is 5.02 Å². The van der Waals surface area contributed by atoms with Gasteiger partial charge in [-0.1, -0.05) is 17.7 Å². The van der Waals surface area contributed by atoms with Crippen molar-refractivity contribution in [2.45, 2.75) is 6.04 Å². The first-order chi connectivity index (χ1) is 8.10. The molecule has 0 saturated heterocycles. The number of nitrogens with two attached hydrogens (primary N) is 1. The minimum absolute atomic E-state index is 0.208. The molecule has 0 spiro atoms. The Balaban J connectivity index is 2.79. The summed E-state index contributed by atoms with van der Waals surface area (Å²) < 4.78 is 4.85. The number of benzene rings is 1. The number of nitrogens with one attached hydrogen (secondary N) is 1. The molecule has 94 valence electrons. The molecule has 1 unspecified atom stereocenters. The maximum Gasteiger partial charge on any atom is 0.253 e. The second-order valence-corrected chi connectivity index (χ2v) is 3.92. The Morgan fingerprint density at radius 1 is 1.65 bits per heavy atom. The molecule has 0 saturated carbocycles. The van der Waals surface area contributed by atoms with Crippen LogP contribution in [0.1, 0.15) is 10.4 Å². The Kier molecular flexibility index (Phi) is 5.21. The van der Waals surface area contributed by atoms with Crippen molar-refractivity contribution in [3.8, 4) is 0 Å². The van der Waals surface area contributed by atoms with Gasteiger partial charge in [-0.3, -0.25) is 4.79 Å². The number of halogens is 1. The fraction of sp³-hybridized carbons (Fsp3) is 0.364. The van der Waals surface area contributed by atoms with Crippen LogP contribution in [-0.2, 0) is 4.74 Å². The van der Waals surface area contributed by atoms with Gasteiger partial charge in [-0.2, -0.15) is 0 Å². The number of amides is 1. The number of carbonyl (C=O) groups excluding carboxylic acids is 1. The number of ether oxygens (including phenoxy) is 1. The minimum atomic E-state index is -0.467. The van der Waals surface area contributed by atoms with E-state index in [4.69, 9.17) is 27.2 Å². The Labute approximate surface area is 105 Å².